The molecule has 154 valence electrons. The molecule has 0 saturated carbocycles. The minimum absolute atomic E-state index is 0.0990. The lowest BCUT2D eigenvalue weighted by Gasteiger charge is -2.36. The predicted octanol–water partition coefficient (Wildman–Crippen LogP) is 2.82. The van der Waals surface area contributed by atoms with Gasteiger partial charge < -0.3 is 24.8 Å². The summed E-state index contributed by atoms with van der Waals surface area (Å²) in [5, 5.41) is 2.87. The zero-order valence-electron chi connectivity index (χ0n) is 17.1. The number of hydrogen-bond acceptors (Lipinski definition) is 5. The molecule has 0 bridgehead atoms. The number of nitrogens with one attached hydrogen (secondary N) is 1. The number of nitrogens with zero attached hydrogens (tertiary/aromatic N) is 4. The van der Waals surface area contributed by atoms with Crippen LogP contribution in [0.3, 0.4) is 0 Å². The summed E-state index contributed by atoms with van der Waals surface area (Å²) in [6, 6.07) is 11.3. The molecule has 1 aromatic heterocycles. The summed E-state index contributed by atoms with van der Waals surface area (Å²) < 4.78 is 5.72. The van der Waals surface area contributed by atoms with Crippen LogP contribution in [-0.4, -0.2) is 61.7 Å². The van der Waals surface area contributed by atoms with E-state index in [4.69, 9.17) is 4.74 Å². The topological polar surface area (TPSA) is 78.0 Å². The molecule has 8 heteroatoms. The Labute approximate surface area is 171 Å². The van der Waals surface area contributed by atoms with Crippen LogP contribution < -0.4 is 19.9 Å². The summed E-state index contributed by atoms with van der Waals surface area (Å²) in [6.45, 7) is 6.77. The molecule has 3 amide bonds. The van der Waals surface area contributed by atoms with Gasteiger partial charge in [0.1, 0.15) is 11.6 Å². The van der Waals surface area contributed by atoms with Gasteiger partial charge in [0.25, 0.3) is 0 Å². The van der Waals surface area contributed by atoms with Gasteiger partial charge in [-0.3, -0.25) is 4.79 Å². The van der Waals surface area contributed by atoms with Crippen molar-refractivity contribution in [1.82, 2.24) is 9.88 Å². The van der Waals surface area contributed by atoms with Gasteiger partial charge in [-0.25, -0.2) is 9.78 Å². The highest BCUT2D eigenvalue weighted by atomic mass is 16.5. The van der Waals surface area contributed by atoms with Crippen molar-refractivity contribution in [1.29, 1.82) is 0 Å². The van der Waals surface area contributed by atoms with E-state index in [-0.39, 0.29) is 11.9 Å². The van der Waals surface area contributed by atoms with Gasteiger partial charge in [-0.15, -0.1) is 0 Å². The maximum absolute atomic E-state index is 12.6. The number of rotatable bonds is 5. The van der Waals surface area contributed by atoms with Crippen molar-refractivity contribution >= 4 is 29.1 Å². The Morgan fingerprint density at radius 2 is 1.86 bits per heavy atom. The van der Waals surface area contributed by atoms with Crippen molar-refractivity contribution in [2.45, 2.75) is 13.8 Å². The van der Waals surface area contributed by atoms with Gasteiger partial charge in [-0.2, -0.15) is 0 Å². The van der Waals surface area contributed by atoms with E-state index in [1.165, 1.54) is 11.8 Å². The summed E-state index contributed by atoms with van der Waals surface area (Å²) in [5.74, 6) is 1.31. The van der Waals surface area contributed by atoms with Crippen LogP contribution in [-0.2, 0) is 4.79 Å². The third-order valence-electron chi connectivity index (χ3n) is 4.89. The lowest BCUT2D eigenvalue weighted by molar-refractivity contribution is -0.116. The van der Waals surface area contributed by atoms with Crippen LogP contribution in [0.1, 0.15) is 13.8 Å². The van der Waals surface area contributed by atoms with Gasteiger partial charge in [0.2, 0.25) is 5.91 Å². The van der Waals surface area contributed by atoms with Gasteiger partial charge in [0, 0.05) is 40.2 Å². The molecule has 0 spiro atoms. The summed E-state index contributed by atoms with van der Waals surface area (Å²) in [7, 11) is 1.66. The number of carbonyl (C=O) groups excluding carboxylic acids is 2. The number of urea groups is 1. The molecule has 1 aliphatic rings. The summed E-state index contributed by atoms with van der Waals surface area (Å²) >= 11 is 0. The quantitative estimate of drug-likeness (QED) is 0.839. The number of ether oxygens (including phenoxy) is 1. The molecule has 1 saturated heterocycles. The SMILES string of the molecule is CCOc1ccccc1N1CCN(C(=O)Nc2ccc(N(C)C(C)=O)nc2)CC1. The predicted molar refractivity (Wildman–Crippen MR) is 114 cm³/mol. The van der Waals surface area contributed by atoms with Crippen LogP contribution in [0.4, 0.5) is 22.0 Å². The van der Waals surface area contributed by atoms with E-state index in [1.807, 2.05) is 31.2 Å². The van der Waals surface area contributed by atoms with Crippen molar-refractivity contribution in [2.75, 3.05) is 55.0 Å². The van der Waals surface area contributed by atoms with E-state index < -0.39 is 0 Å². The van der Waals surface area contributed by atoms with Gasteiger partial charge in [-0.05, 0) is 31.2 Å². The van der Waals surface area contributed by atoms with Crippen molar-refractivity contribution in [3.8, 4) is 5.75 Å². The second-order valence-corrected chi connectivity index (χ2v) is 6.79. The van der Waals surface area contributed by atoms with E-state index in [0.29, 0.717) is 31.2 Å². The number of carbonyl (C=O) groups is 2. The van der Waals surface area contributed by atoms with E-state index in [1.54, 1.807) is 30.3 Å². The second-order valence-electron chi connectivity index (χ2n) is 6.79. The number of amides is 3. The number of hydrogen-bond donors (Lipinski definition) is 1. The van der Waals surface area contributed by atoms with Crippen LogP contribution in [0.2, 0.25) is 0 Å². The van der Waals surface area contributed by atoms with Crippen LogP contribution in [0.5, 0.6) is 5.75 Å². The molecule has 0 unspecified atom stereocenters. The maximum Gasteiger partial charge on any atom is 0.322 e. The lowest BCUT2D eigenvalue weighted by Crippen LogP contribution is -2.50. The first kappa shape index (κ1) is 20.4. The van der Waals surface area contributed by atoms with Gasteiger partial charge in [0.15, 0.2) is 0 Å². The van der Waals surface area contributed by atoms with E-state index >= 15 is 0 Å². The van der Waals surface area contributed by atoms with Gasteiger partial charge in [0.05, 0.1) is 24.2 Å². The Bertz CT molecular complexity index is 848. The van der Waals surface area contributed by atoms with Crippen molar-refractivity contribution in [3.05, 3.63) is 42.6 Å². The molecule has 29 heavy (non-hydrogen) atoms. The number of benzene rings is 1. The number of anilines is 3. The molecule has 0 radical (unpaired) electrons. The second kappa shape index (κ2) is 9.27. The standard InChI is InChI=1S/C21H27N5O3/c1-4-29-19-8-6-5-7-18(19)25-11-13-26(14-12-25)21(28)23-17-9-10-20(22-15-17)24(3)16(2)27/h5-10,15H,4,11-14H2,1-3H3,(H,23,28). The average molecular weight is 397 g/mol. The third kappa shape index (κ3) is 4.96. The highest BCUT2D eigenvalue weighted by molar-refractivity contribution is 5.91. The first-order valence-electron chi connectivity index (χ1n) is 9.72. The van der Waals surface area contributed by atoms with E-state index in [2.05, 4.69) is 15.2 Å². The monoisotopic (exact) mass is 397 g/mol. The molecule has 1 aromatic carbocycles. The molecular formula is C21H27N5O3. The fourth-order valence-corrected chi connectivity index (χ4v) is 3.17. The summed E-state index contributed by atoms with van der Waals surface area (Å²) in [5.41, 5.74) is 1.66. The number of aromatic nitrogens is 1. The van der Waals surface area contributed by atoms with Crippen LogP contribution >= 0.6 is 0 Å². The largest absolute Gasteiger partial charge is 0.492 e. The number of para-hydroxylation sites is 2. The highest BCUT2D eigenvalue weighted by Crippen LogP contribution is 2.28. The van der Waals surface area contributed by atoms with Crippen molar-refractivity contribution in [2.24, 2.45) is 0 Å². The molecule has 1 N–H and O–H groups in total. The minimum Gasteiger partial charge on any atom is -0.492 e. The van der Waals surface area contributed by atoms with Crippen LogP contribution in [0, 0.1) is 0 Å². The minimum atomic E-state index is -0.155. The van der Waals surface area contributed by atoms with Gasteiger partial charge in [-0.1, -0.05) is 12.1 Å². The molecule has 8 nitrogen and oxygen atoms in total. The normalized spacial score (nSPS) is 13.8. The summed E-state index contributed by atoms with van der Waals surface area (Å²) in [6.07, 6.45) is 1.56. The Morgan fingerprint density at radius 1 is 1.14 bits per heavy atom. The van der Waals surface area contributed by atoms with Crippen molar-refractivity contribution in [3.63, 3.8) is 0 Å². The number of pyridine rings is 1. The molecule has 2 aromatic rings. The van der Waals surface area contributed by atoms with Crippen molar-refractivity contribution < 1.29 is 14.3 Å². The Hall–Kier alpha value is -3.29. The fourth-order valence-electron chi connectivity index (χ4n) is 3.17. The van der Waals surface area contributed by atoms with E-state index in [9.17, 15) is 9.59 Å². The smallest absolute Gasteiger partial charge is 0.322 e. The average Bonchev–Trinajstić information content (AvgIpc) is 2.74. The number of piperazine rings is 1. The first-order valence-corrected chi connectivity index (χ1v) is 9.72. The zero-order chi connectivity index (χ0) is 20.8. The first-order chi connectivity index (χ1) is 14.0. The third-order valence-corrected chi connectivity index (χ3v) is 4.89. The molecule has 3 rings (SSSR count). The van der Waals surface area contributed by atoms with Crippen LogP contribution in [0.15, 0.2) is 42.6 Å². The molecule has 2 heterocycles. The molecule has 0 aliphatic carbocycles. The molecule has 1 fully saturated rings. The Morgan fingerprint density at radius 3 is 2.48 bits per heavy atom. The zero-order valence-corrected chi connectivity index (χ0v) is 17.1. The Balaban J connectivity index is 1.56. The molecular weight excluding hydrogens is 370 g/mol. The highest BCUT2D eigenvalue weighted by Gasteiger charge is 2.23. The molecule has 1 aliphatic heterocycles. The maximum atomic E-state index is 12.6. The molecule has 0 atom stereocenters. The van der Waals surface area contributed by atoms with Gasteiger partial charge >= 0.3 is 6.03 Å². The fraction of sp³-hybridized carbons (Fsp3) is 0.381. The Kier molecular flexibility index (Phi) is 6.54. The summed E-state index contributed by atoms with van der Waals surface area (Å²) in [4.78, 5) is 33.7. The van der Waals surface area contributed by atoms with E-state index in [0.717, 1.165) is 24.5 Å². The van der Waals surface area contributed by atoms with Crippen LogP contribution in [0.25, 0.3) is 0 Å². The lowest BCUT2D eigenvalue weighted by atomic mass is 10.2.